The van der Waals surface area contributed by atoms with Gasteiger partial charge in [-0.1, -0.05) is 13.8 Å². The molecule has 1 aromatic carbocycles. The van der Waals surface area contributed by atoms with Crippen LogP contribution in [0.25, 0.3) is 0 Å². The largest absolute Gasteiger partial charge is 0.463 e. The van der Waals surface area contributed by atoms with E-state index in [-0.39, 0.29) is 34.9 Å². The fourth-order valence-corrected chi connectivity index (χ4v) is 6.15. The van der Waals surface area contributed by atoms with Crippen LogP contribution in [0.5, 0.6) is 0 Å². The Kier molecular flexibility index (Phi) is 6.39. The van der Waals surface area contributed by atoms with Crippen molar-refractivity contribution < 1.29 is 19.2 Å². The number of nitro groups is 1. The van der Waals surface area contributed by atoms with Crippen molar-refractivity contribution in [3.8, 4) is 0 Å². The van der Waals surface area contributed by atoms with Crippen molar-refractivity contribution >= 4 is 50.4 Å². The van der Waals surface area contributed by atoms with E-state index in [2.05, 4.69) is 15.9 Å². The fraction of sp³-hybridized carbons (Fsp3) is 0.333. The number of ketones is 1. The van der Waals surface area contributed by atoms with Crippen LogP contribution in [0.15, 0.2) is 62.8 Å². The highest BCUT2D eigenvalue weighted by atomic mass is 79.9. The van der Waals surface area contributed by atoms with Gasteiger partial charge in [-0.15, -0.1) is 11.3 Å². The number of carbonyl (C=O) groups excluding carboxylic acids is 2. The second-order valence-corrected chi connectivity index (χ2v) is 11.5. The predicted molar refractivity (Wildman–Crippen MR) is 133 cm³/mol. The van der Waals surface area contributed by atoms with Crippen molar-refractivity contribution in [1.82, 2.24) is 0 Å². The summed E-state index contributed by atoms with van der Waals surface area (Å²) in [5.41, 5.74) is 8.24. The Labute approximate surface area is 209 Å². The van der Waals surface area contributed by atoms with E-state index >= 15 is 0 Å². The molecule has 0 saturated heterocycles. The number of thiophene rings is 1. The Morgan fingerprint density at radius 3 is 2.50 bits per heavy atom. The maximum absolute atomic E-state index is 13.6. The number of benzene rings is 1. The number of nitrogens with zero attached hydrogens (tertiary/aromatic N) is 2. The number of ether oxygens (including phenoxy) is 1. The van der Waals surface area contributed by atoms with Gasteiger partial charge in [-0.2, -0.15) is 0 Å². The van der Waals surface area contributed by atoms with Crippen molar-refractivity contribution in [1.29, 1.82) is 0 Å². The molecular weight excluding hydrogens is 522 g/mol. The molecule has 1 atom stereocenters. The van der Waals surface area contributed by atoms with Gasteiger partial charge in [0.15, 0.2) is 5.78 Å². The molecule has 178 valence electrons. The van der Waals surface area contributed by atoms with E-state index < -0.39 is 16.8 Å². The third-order valence-corrected chi connectivity index (χ3v) is 7.64. The van der Waals surface area contributed by atoms with E-state index in [0.717, 1.165) is 8.66 Å². The molecule has 2 heterocycles. The summed E-state index contributed by atoms with van der Waals surface area (Å²) in [6.45, 7) is 5.89. The Balaban J connectivity index is 1.99. The summed E-state index contributed by atoms with van der Waals surface area (Å²) in [5.74, 6) is -1.14. The third-order valence-electron chi connectivity index (χ3n) is 5.95. The quantitative estimate of drug-likeness (QED) is 0.303. The first-order chi connectivity index (χ1) is 16.0. The van der Waals surface area contributed by atoms with Crippen LogP contribution in [0.2, 0.25) is 0 Å². The van der Waals surface area contributed by atoms with E-state index in [1.807, 2.05) is 26.0 Å². The minimum absolute atomic E-state index is 0.0537. The Bertz CT molecular complexity index is 1250. The smallest absolute Gasteiger partial charge is 0.338 e. The van der Waals surface area contributed by atoms with E-state index in [4.69, 9.17) is 10.5 Å². The number of carbonyl (C=O) groups is 2. The molecule has 1 unspecified atom stereocenters. The number of halogens is 1. The minimum Gasteiger partial charge on any atom is -0.463 e. The van der Waals surface area contributed by atoms with Crippen molar-refractivity contribution in [2.24, 2.45) is 11.1 Å². The number of non-ortho nitro benzene ring substituents is 1. The average Bonchev–Trinajstić information content (AvgIpc) is 3.18. The summed E-state index contributed by atoms with van der Waals surface area (Å²) in [4.78, 5) is 40.0. The molecule has 0 fully saturated rings. The molecule has 4 rings (SSSR count). The highest BCUT2D eigenvalue weighted by molar-refractivity contribution is 9.11. The maximum atomic E-state index is 13.6. The van der Waals surface area contributed by atoms with Gasteiger partial charge in [0, 0.05) is 40.4 Å². The van der Waals surface area contributed by atoms with Crippen LogP contribution < -0.4 is 10.6 Å². The number of hydrogen-bond acceptors (Lipinski definition) is 8. The fourth-order valence-electron chi connectivity index (χ4n) is 4.60. The van der Waals surface area contributed by atoms with Gasteiger partial charge in [-0.05, 0) is 59.0 Å². The highest BCUT2D eigenvalue weighted by Crippen LogP contribution is 2.51. The SMILES string of the molecule is CCOC(=O)C1=C(N)N(c2ccc([N+](=O)[O-])cc2)C2=C(C(=O)CC(C)(C)C2)C1c1ccc(Br)s1. The lowest BCUT2D eigenvalue weighted by Crippen LogP contribution is -2.43. The van der Waals surface area contributed by atoms with Crippen LogP contribution in [0.4, 0.5) is 11.4 Å². The molecule has 1 aromatic heterocycles. The van der Waals surface area contributed by atoms with Crippen LogP contribution in [-0.4, -0.2) is 23.3 Å². The van der Waals surface area contributed by atoms with Crippen molar-refractivity contribution in [3.05, 3.63) is 77.8 Å². The zero-order chi connectivity index (χ0) is 24.8. The number of Topliss-reactive ketones (excluding diaryl/α,β-unsaturated/α-hetero) is 1. The van der Waals surface area contributed by atoms with E-state index in [9.17, 15) is 19.7 Å². The van der Waals surface area contributed by atoms with Crippen LogP contribution in [0.1, 0.15) is 44.4 Å². The van der Waals surface area contributed by atoms with E-state index in [1.54, 1.807) is 24.0 Å². The van der Waals surface area contributed by atoms with Crippen LogP contribution in [0, 0.1) is 15.5 Å². The molecule has 1 aliphatic carbocycles. The second kappa shape index (κ2) is 8.99. The first-order valence-electron chi connectivity index (χ1n) is 10.8. The van der Waals surface area contributed by atoms with Crippen LogP contribution in [-0.2, 0) is 14.3 Å². The predicted octanol–water partition coefficient (Wildman–Crippen LogP) is 5.40. The van der Waals surface area contributed by atoms with Crippen molar-refractivity contribution in [2.75, 3.05) is 11.5 Å². The first-order valence-corrected chi connectivity index (χ1v) is 12.4. The van der Waals surface area contributed by atoms with Crippen molar-refractivity contribution in [2.45, 2.75) is 39.5 Å². The summed E-state index contributed by atoms with van der Waals surface area (Å²) in [7, 11) is 0. The number of hydrogen-bond donors (Lipinski definition) is 1. The number of nitro benzene ring substituents is 1. The van der Waals surface area contributed by atoms with Gasteiger partial charge >= 0.3 is 5.97 Å². The Morgan fingerprint density at radius 1 is 1.26 bits per heavy atom. The minimum atomic E-state index is -0.650. The molecule has 10 heteroatoms. The number of rotatable bonds is 5. The molecular formula is C24H24BrN3O5S. The molecule has 0 saturated carbocycles. The van der Waals surface area contributed by atoms with Gasteiger partial charge in [0.1, 0.15) is 5.82 Å². The number of allylic oxidation sites excluding steroid dienone is 2. The van der Waals surface area contributed by atoms with Gasteiger partial charge in [0.05, 0.1) is 26.8 Å². The molecule has 1 aliphatic heterocycles. The molecule has 34 heavy (non-hydrogen) atoms. The highest BCUT2D eigenvalue weighted by Gasteiger charge is 2.47. The van der Waals surface area contributed by atoms with Gasteiger partial charge < -0.3 is 10.5 Å². The lowest BCUT2D eigenvalue weighted by atomic mass is 9.69. The van der Waals surface area contributed by atoms with Crippen molar-refractivity contribution in [3.63, 3.8) is 0 Å². The van der Waals surface area contributed by atoms with Gasteiger partial charge in [0.2, 0.25) is 0 Å². The summed E-state index contributed by atoms with van der Waals surface area (Å²) >= 11 is 4.91. The summed E-state index contributed by atoms with van der Waals surface area (Å²) in [5, 5.41) is 11.2. The normalized spacial score (nSPS) is 19.8. The maximum Gasteiger partial charge on any atom is 0.338 e. The lowest BCUT2D eigenvalue weighted by molar-refractivity contribution is -0.384. The molecule has 0 radical (unpaired) electrons. The third kappa shape index (κ3) is 4.27. The topological polar surface area (TPSA) is 116 Å². The van der Waals surface area contributed by atoms with Gasteiger partial charge in [0.25, 0.3) is 5.69 Å². The molecule has 2 aromatic rings. The Morgan fingerprint density at radius 2 is 1.94 bits per heavy atom. The summed E-state index contributed by atoms with van der Waals surface area (Å²) in [6.07, 6.45) is 0.879. The molecule has 8 nitrogen and oxygen atoms in total. The average molecular weight is 546 g/mol. The number of esters is 1. The zero-order valence-corrected chi connectivity index (χ0v) is 21.4. The molecule has 0 bridgehead atoms. The van der Waals surface area contributed by atoms with E-state index in [1.165, 1.54) is 23.5 Å². The zero-order valence-electron chi connectivity index (χ0n) is 19.0. The van der Waals surface area contributed by atoms with E-state index in [0.29, 0.717) is 29.8 Å². The number of anilines is 1. The summed E-state index contributed by atoms with van der Waals surface area (Å²) < 4.78 is 6.24. The first kappa shape index (κ1) is 24.2. The van der Waals surface area contributed by atoms with Gasteiger partial charge in [-0.3, -0.25) is 19.8 Å². The monoisotopic (exact) mass is 545 g/mol. The molecule has 2 N–H and O–H groups in total. The molecule has 0 spiro atoms. The molecule has 2 aliphatic rings. The van der Waals surface area contributed by atoms with Gasteiger partial charge in [-0.25, -0.2) is 4.79 Å². The lowest BCUT2D eigenvalue weighted by Gasteiger charge is -2.44. The number of nitrogens with two attached hydrogens (primary N) is 1. The summed E-state index contributed by atoms with van der Waals surface area (Å²) in [6, 6.07) is 9.67. The second-order valence-electron chi connectivity index (χ2n) is 9.00. The van der Waals surface area contributed by atoms with Crippen LogP contribution in [0.3, 0.4) is 0 Å². The standard InChI is InChI=1S/C24H24BrN3O5S/c1-4-33-23(30)21-20(17-9-10-18(25)34-17)19-15(11-24(2,3)12-16(19)29)27(22(21)26)13-5-7-14(8-6-13)28(31)32/h5-10,20H,4,11-12,26H2,1-3H3. The Hall–Kier alpha value is -2.98. The van der Waals surface area contributed by atoms with Crippen LogP contribution >= 0.6 is 27.3 Å². The molecule has 0 amide bonds.